The van der Waals surface area contributed by atoms with Gasteiger partial charge in [0.05, 0.1) is 30.6 Å². The summed E-state index contributed by atoms with van der Waals surface area (Å²) in [5, 5.41) is 13.4. The fourth-order valence-corrected chi connectivity index (χ4v) is 1.66. The molecule has 0 unspecified atom stereocenters. The van der Waals surface area contributed by atoms with Crippen LogP contribution in [0.2, 0.25) is 0 Å². The summed E-state index contributed by atoms with van der Waals surface area (Å²) in [5.41, 5.74) is 5.29. The number of anilines is 1. The summed E-state index contributed by atoms with van der Waals surface area (Å²) in [6.07, 6.45) is 3.11. The van der Waals surface area contributed by atoms with Gasteiger partial charge in [-0.15, -0.1) is 0 Å². The zero-order valence-electron chi connectivity index (χ0n) is 8.55. The number of aromatic nitrogens is 2. The van der Waals surface area contributed by atoms with E-state index < -0.39 is 5.60 Å². The monoisotopic (exact) mass is 210 g/mol. The number of nitrogens with two attached hydrogens (primary N) is 1. The Bertz CT molecular complexity index is 377. The number of nitrogens with zero attached hydrogens (tertiary/aromatic N) is 3. The second-order valence-electron chi connectivity index (χ2n) is 4.22. The van der Waals surface area contributed by atoms with Crippen LogP contribution in [0.4, 0.5) is 5.69 Å². The van der Waals surface area contributed by atoms with Gasteiger partial charge < -0.3 is 15.7 Å². The normalized spacial score (nSPS) is 18.7. The molecule has 3 N–H and O–H groups in total. The average molecular weight is 210 g/mol. The van der Waals surface area contributed by atoms with E-state index in [2.05, 4.69) is 5.10 Å². The van der Waals surface area contributed by atoms with Crippen molar-refractivity contribution in [3.05, 3.63) is 12.4 Å². The van der Waals surface area contributed by atoms with Gasteiger partial charge in [-0.1, -0.05) is 0 Å². The number of carbonyl (C=O) groups is 1. The maximum absolute atomic E-state index is 11.6. The molecule has 1 saturated heterocycles. The van der Waals surface area contributed by atoms with Crippen LogP contribution in [0.25, 0.3) is 0 Å². The van der Waals surface area contributed by atoms with Gasteiger partial charge in [-0.05, 0) is 6.92 Å². The standard InChI is InChI=1S/C9H14N4O2/c1-9(15)5-12(6-9)8(14)4-13-3-7(10)2-11-13/h2-3,15H,4-6,10H2,1H3. The molecule has 2 rings (SSSR count). The van der Waals surface area contributed by atoms with Crippen molar-refractivity contribution in [1.82, 2.24) is 14.7 Å². The van der Waals surface area contributed by atoms with Gasteiger partial charge in [-0.3, -0.25) is 9.48 Å². The molecule has 15 heavy (non-hydrogen) atoms. The number of β-amino-alcohol motifs (C(OH)–C–C–N with tert-alkyl or cyclic N) is 1. The van der Waals surface area contributed by atoms with E-state index in [0.29, 0.717) is 18.8 Å². The number of nitrogen functional groups attached to an aromatic ring is 1. The lowest BCUT2D eigenvalue weighted by Gasteiger charge is -2.44. The number of aliphatic hydroxyl groups is 1. The highest BCUT2D eigenvalue weighted by Gasteiger charge is 2.39. The first-order valence-electron chi connectivity index (χ1n) is 4.74. The third kappa shape index (κ3) is 2.10. The minimum absolute atomic E-state index is 0.0513. The molecule has 6 heteroatoms. The van der Waals surface area contributed by atoms with E-state index in [9.17, 15) is 9.90 Å². The van der Waals surface area contributed by atoms with Crippen LogP contribution in [0.3, 0.4) is 0 Å². The van der Waals surface area contributed by atoms with E-state index in [-0.39, 0.29) is 12.5 Å². The summed E-state index contributed by atoms with van der Waals surface area (Å²) in [4.78, 5) is 13.2. The minimum atomic E-state index is -0.723. The highest BCUT2D eigenvalue weighted by atomic mass is 16.3. The first-order valence-corrected chi connectivity index (χ1v) is 4.74. The molecule has 0 bridgehead atoms. The van der Waals surface area contributed by atoms with E-state index in [1.165, 1.54) is 10.9 Å². The summed E-state index contributed by atoms with van der Waals surface area (Å²) < 4.78 is 1.49. The molecule has 0 spiro atoms. The molecule has 0 saturated carbocycles. The molecule has 0 aliphatic carbocycles. The maximum atomic E-state index is 11.6. The van der Waals surface area contributed by atoms with Gasteiger partial charge in [0.25, 0.3) is 0 Å². The van der Waals surface area contributed by atoms with Crippen molar-refractivity contribution in [3.8, 4) is 0 Å². The third-order valence-corrected chi connectivity index (χ3v) is 2.37. The molecular weight excluding hydrogens is 196 g/mol. The highest BCUT2D eigenvalue weighted by Crippen LogP contribution is 2.19. The Kier molecular flexibility index (Phi) is 2.15. The quantitative estimate of drug-likeness (QED) is 0.659. The van der Waals surface area contributed by atoms with Gasteiger partial charge in [0.15, 0.2) is 0 Å². The molecule has 0 aromatic carbocycles. The molecular formula is C9H14N4O2. The van der Waals surface area contributed by atoms with Crippen LogP contribution in [-0.4, -0.2) is 44.4 Å². The lowest BCUT2D eigenvalue weighted by atomic mass is 9.97. The first-order chi connectivity index (χ1) is 6.96. The van der Waals surface area contributed by atoms with Crippen LogP contribution in [0.1, 0.15) is 6.92 Å². The molecule has 82 valence electrons. The van der Waals surface area contributed by atoms with E-state index in [0.717, 1.165) is 0 Å². The summed E-state index contributed by atoms with van der Waals surface area (Å²) in [7, 11) is 0. The van der Waals surface area contributed by atoms with Crippen molar-refractivity contribution in [3.63, 3.8) is 0 Å². The number of hydrogen-bond acceptors (Lipinski definition) is 4. The lowest BCUT2D eigenvalue weighted by molar-refractivity contribution is -0.153. The van der Waals surface area contributed by atoms with Gasteiger partial charge in [0.1, 0.15) is 6.54 Å². The second-order valence-corrected chi connectivity index (χ2v) is 4.22. The van der Waals surface area contributed by atoms with Crippen molar-refractivity contribution in [1.29, 1.82) is 0 Å². The molecule has 0 atom stereocenters. The Morgan fingerprint density at radius 2 is 2.40 bits per heavy atom. The Morgan fingerprint density at radius 1 is 1.73 bits per heavy atom. The fraction of sp³-hybridized carbons (Fsp3) is 0.556. The van der Waals surface area contributed by atoms with Crippen molar-refractivity contribution in [2.45, 2.75) is 19.1 Å². The number of likely N-dealkylation sites (tertiary alicyclic amines) is 1. The molecule has 1 fully saturated rings. The predicted octanol–water partition coefficient (Wildman–Crippen LogP) is -0.942. The summed E-state index contributed by atoms with van der Waals surface area (Å²) in [6, 6.07) is 0. The van der Waals surface area contributed by atoms with Crippen LogP contribution in [0.15, 0.2) is 12.4 Å². The van der Waals surface area contributed by atoms with Crippen LogP contribution < -0.4 is 5.73 Å². The zero-order valence-corrected chi connectivity index (χ0v) is 8.55. The van der Waals surface area contributed by atoms with Gasteiger partial charge in [0, 0.05) is 6.20 Å². The van der Waals surface area contributed by atoms with E-state index >= 15 is 0 Å². The Labute approximate surface area is 87.3 Å². The number of amides is 1. The second kappa shape index (κ2) is 3.23. The molecule has 1 aliphatic rings. The molecule has 0 radical (unpaired) electrons. The average Bonchev–Trinajstić information content (AvgIpc) is 2.46. The largest absolute Gasteiger partial charge is 0.396 e. The smallest absolute Gasteiger partial charge is 0.244 e. The zero-order chi connectivity index (χ0) is 11.1. The van der Waals surface area contributed by atoms with Gasteiger partial charge in [-0.25, -0.2) is 0 Å². The van der Waals surface area contributed by atoms with Crippen molar-refractivity contribution in [2.75, 3.05) is 18.8 Å². The van der Waals surface area contributed by atoms with Crippen LogP contribution in [0, 0.1) is 0 Å². The summed E-state index contributed by atoms with van der Waals surface area (Å²) >= 11 is 0. The molecule has 1 aromatic heterocycles. The Morgan fingerprint density at radius 3 is 2.87 bits per heavy atom. The Hall–Kier alpha value is -1.56. The number of carbonyl (C=O) groups excluding carboxylic acids is 1. The van der Waals surface area contributed by atoms with E-state index in [1.807, 2.05) is 0 Å². The van der Waals surface area contributed by atoms with Crippen molar-refractivity contribution < 1.29 is 9.90 Å². The Balaban J connectivity index is 1.89. The van der Waals surface area contributed by atoms with Crippen LogP contribution >= 0.6 is 0 Å². The maximum Gasteiger partial charge on any atom is 0.244 e. The van der Waals surface area contributed by atoms with Crippen molar-refractivity contribution >= 4 is 11.6 Å². The van der Waals surface area contributed by atoms with Crippen molar-refractivity contribution in [2.24, 2.45) is 0 Å². The molecule has 1 amide bonds. The van der Waals surface area contributed by atoms with Crippen LogP contribution in [0.5, 0.6) is 0 Å². The predicted molar refractivity (Wildman–Crippen MR) is 53.8 cm³/mol. The number of hydrogen-bond donors (Lipinski definition) is 2. The summed E-state index contributed by atoms with van der Waals surface area (Å²) in [5.74, 6) is -0.0513. The molecule has 1 aromatic rings. The van der Waals surface area contributed by atoms with Gasteiger partial charge in [0.2, 0.25) is 5.91 Å². The lowest BCUT2D eigenvalue weighted by Crippen LogP contribution is -2.62. The topological polar surface area (TPSA) is 84.4 Å². The molecule has 1 aliphatic heterocycles. The molecule has 2 heterocycles. The minimum Gasteiger partial charge on any atom is -0.396 e. The fourth-order valence-electron chi connectivity index (χ4n) is 1.66. The number of rotatable bonds is 2. The third-order valence-electron chi connectivity index (χ3n) is 2.37. The highest BCUT2D eigenvalue weighted by molar-refractivity contribution is 5.77. The first kappa shape index (κ1) is 9.97. The SMILES string of the molecule is CC1(O)CN(C(=O)Cn2cc(N)cn2)C1. The van der Waals surface area contributed by atoms with E-state index in [1.54, 1.807) is 18.0 Å². The van der Waals surface area contributed by atoms with Crippen LogP contribution in [-0.2, 0) is 11.3 Å². The van der Waals surface area contributed by atoms with E-state index in [4.69, 9.17) is 5.73 Å². The van der Waals surface area contributed by atoms with Gasteiger partial charge >= 0.3 is 0 Å². The van der Waals surface area contributed by atoms with Gasteiger partial charge in [-0.2, -0.15) is 5.10 Å². The molecule has 6 nitrogen and oxygen atoms in total. The summed E-state index contributed by atoms with van der Waals surface area (Å²) in [6.45, 7) is 2.67.